The molecule has 1 N–H and O–H groups in total. The molecule has 0 aromatic carbocycles. The lowest BCUT2D eigenvalue weighted by molar-refractivity contribution is 0.653. The standard InChI is InChI=1S/C14H18ClN5OS/c1-9-7-16-13(15)19-11(9)5-10-6-12(18-8-17-10)20-22(21)14(2,3)4/h6-8H,5H2,1-4H3,(H,17,18,20). The first-order valence-corrected chi connectivity index (χ1v) is 8.26. The van der Waals surface area contributed by atoms with E-state index >= 15 is 0 Å². The number of nitrogens with zero attached hydrogens (tertiary/aromatic N) is 4. The number of nitrogens with one attached hydrogen (secondary N) is 1. The molecule has 6 nitrogen and oxygen atoms in total. The summed E-state index contributed by atoms with van der Waals surface area (Å²) >= 11 is 5.83. The van der Waals surface area contributed by atoms with E-state index < -0.39 is 11.0 Å². The van der Waals surface area contributed by atoms with Gasteiger partial charge in [0.1, 0.15) is 23.1 Å². The van der Waals surface area contributed by atoms with Gasteiger partial charge < -0.3 is 0 Å². The van der Waals surface area contributed by atoms with Crippen LogP contribution in [0.25, 0.3) is 0 Å². The molecule has 2 aromatic rings. The maximum absolute atomic E-state index is 12.1. The number of hydrogen-bond donors (Lipinski definition) is 1. The Morgan fingerprint density at radius 2 is 2.00 bits per heavy atom. The van der Waals surface area contributed by atoms with E-state index in [1.807, 2.05) is 27.7 Å². The quantitative estimate of drug-likeness (QED) is 0.866. The number of hydrogen-bond acceptors (Lipinski definition) is 5. The monoisotopic (exact) mass is 339 g/mol. The van der Waals surface area contributed by atoms with Crippen molar-refractivity contribution in [2.45, 2.75) is 38.9 Å². The van der Waals surface area contributed by atoms with Gasteiger partial charge in [0, 0.05) is 18.7 Å². The normalized spacial score (nSPS) is 13.0. The largest absolute Gasteiger partial charge is 0.289 e. The van der Waals surface area contributed by atoms with Crippen molar-refractivity contribution in [2.75, 3.05) is 4.72 Å². The van der Waals surface area contributed by atoms with Gasteiger partial charge in [-0.15, -0.1) is 0 Å². The molecule has 0 fully saturated rings. The molecule has 0 radical (unpaired) electrons. The third-order valence-corrected chi connectivity index (χ3v) is 4.56. The first-order valence-electron chi connectivity index (χ1n) is 6.73. The van der Waals surface area contributed by atoms with Crippen LogP contribution in [0.15, 0.2) is 18.6 Å². The molecule has 0 saturated carbocycles. The van der Waals surface area contributed by atoms with Crippen LogP contribution >= 0.6 is 11.6 Å². The molecule has 8 heteroatoms. The summed E-state index contributed by atoms with van der Waals surface area (Å²) in [5.41, 5.74) is 2.51. The van der Waals surface area contributed by atoms with Gasteiger partial charge in [-0.3, -0.25) is 4.72 Å². The van der Waals surface area contributed by atoms with Crippen molar-refractivity contribution in [2.24, 2.45) is 0 Å². The van der Waals surface area contributed by atoms with Crippen LogP contribution in [-0.2, 0) is 17.4 Å². The molecule has 0 spiro atoms. The van der Waals surface area contributed by atoms with Crippen LogP contribution < -0.4 is 4.72 Å². The van der Waals surface area contributed by atoms with E-state index in [0.717, 1.165) is 17.0 Å². The van der Waals surface area contributed by atoms with Gasteiger partial charge in [0.2, 0.25) is 5.28 Å². The highest BCUT2D eigenvalue weighted by molar-refractivity contribution is 7.87. The van der Waals surface area contributed by atoms with E-state index in [2.05, 4.69) is 24.7 Å². The maximum atomic E-state index is 12.1. The van der Waals surface area contributed by atoms with Gasteiger partial charge in [0.05, 0.1) is 16.1 Å². The third-order valence-electron chi connectivity index (χ3n) is 2.87. The van der Waals surface area contributed by atoms with E-state index in [1.54, 1.807) is 12.3 Å². The van der Waals surface area contributed by atoms with Crippen molar-refractivity contribution in [3.05, 3.63) is 40.8 Å². The Morgan fingerprint density at radius 1 is 1.27 bits per heavy atom. The Kier molecular flexibility index (Phi) is 5.08. The molecule has 22 heavy (non-hydrogen) atoms. The molecular formula is C14H18ClN5OS. The van der Waals surface area contributed by atoms with Crippen LogP contribution in [0.2, 0.25) is 5.28 Å². The number of aromatic nitrogens is 4. The lowest BCUT2D eigenvalue weighted by Crippen LogP contribution is -2.27. The fourth-order valence-corrected chi connectivity index (χ4v) is 2.36. The molecule has 0 aliphatic heterocycles. The highest BCUT2D eigenvalue weighted by atomic mass is 35.5. The van der Waals surface area contributed by atoms with Crippen molar-refractivity contribution in [3.8, 4) is 0 Å². The lowest BCUT2D eigenvalue weighted by Gasteiger charge is -2.18. The van der Waals surface area contributed by atoms with E-state index in [4.69, 9.17) is 11.6 Å². The molecule has 2 heterocycles. The van der Waals surface area contributed by atoms with Crippen LogP contribution in [-0.4, -0.2) is 28.9 Å². The summed E-state index contributed by atoms with van der Waals surface area (Å²) in [6.45, 7) is 7.60. The number of rotatable bonds is 4. The number of halogens is 1. The van der Waals surface area contributed by atoms with E-state index in [0.29, 0.717) is 12.2 Å². The Labute approximate surface area is 137 Å². The molecule has 118 valence electrons. The van der Waals surface area contributed by atoms with Crippen molar-refractivity contribution in [3.63, 3.8) is 0 Å². The second-order valence-electron chi connectivity index (χ2n) is 5.82. The molecule has 1 atom stereocenters. The molecule has 2 rings (SSSR count). The highest BCUT2D eigenvalue weighted by Gasteiger charge is 2.20. The van der Waals surface area contributed by atoms with Crippen molar-refractivity contribution in [1.29, 1.82) is 0 Å². The Hall–Kier alpha value is -1.60. The molecule has 0 amide bonds. The third kappa shape index (κ3) is 4.45. The minimum absolute atomic E-state index is 0.210. The minimum atomic E-state index is -1.24. The van der Waals surface area contributed by atoms with Crippen LogP contribution in [0, 0.1) is 6.92 Å². The van der Waals surface area contributed by atoms with Crippen LogP contribution in [0.4, 0.5) is 5.82 Å². The predicted molar refractivity (Wildman–Crippen MR) is 88.1 cm³/mol. The minimum Gasteiger partial charge on any atom is -0.289 e. The molecule has 0 bridgehead atoms. The summed E-state index contributed by atoms with van der Waals surface area (Å²) < 4.78 is 14.6. The van der Waals surface area contributed by atoms with E-state index in [9.17, 15) is 4.21 Å². The average molecular weight is 340 g/mol. The molecular weight excluding hydrogens is 322 g/mol. The summed E-state index contributed by atoms with van der Waals surface area (Å²) in [7, 11) is -1.24. The Morgan fingerprint density at radius 3 is 2.68 bits per heavy atom. The summed E-state index contributed by atoms with van der Waals surface area (Å²) in [5.74, 6) is 0.524. The summed E-state index contributed by atoms with van der Waals surface area (Å²) in [6, 6.07) is 1.76. The molecule has 0 aliphatic carbocycles. The smallest absolute Gasteiger partial charge is 0.222 e. The zero-order valence-electron chi connectivity index (χ0n) is 12.9. The zero-order valence-corrected chi connectivity index (χ0v) is 14.5. The van der Waals surface area contributed by atoms with Crippen LogP contribution in [0.5, 0.6) is 0 Å². The van der Waals surface area contributed by atoms with Crippen molar-refractivity contribution in [1.82, 2.24) is 19.9 Å². The van der Waals surface area contributed by atoms with Gasteiger partial charge in [-0.25, -0.2) is 24.1 Å². The van der Waals surface area contributed by atoms with Gasteiger partial charge in [-0.05, 0) is 44.9 Å². The topological polar surface area (TPSA) is 80.7 Å². The average Bonchev–Trinajstić information content (AvgIpc) is 2.42. The van der Waals surface area contributed by atoms with Gasteiger partial charge in [-0.1, -0.05) is 0 Å². The predicted octanol–water partition coefficient (Wildman–Crippen LogP) is 2.69. The summed E-state index contributed by atoms with van der Waals surface area (Å²) in [4.78, 5) is 16.5. The number of anilines is 1. The number of aryl methyl sites for hydroxylation is 1. The molecule has 0 aliphatic rings. The second-order valence-corrected chi connectivity index (χ2v) is 8.13. The maximum Gasteiger partial charge on any atom is 0.222 e. The molecule has 0 saturated heterocycles. The molecule has 2 aromatic heterocycles. The van der Waals surface area contributed by atoms with Crippen molar-refractivity contribution >= 4 is 28.4 Å². The van der Waals surface area contributed by atoms with Gasteiger partial charge >= 0.3 is 0 Å². The fourth-order valence-electron chi connectivity index (χ4n) is 1.60. The Balaban J connectivity index is 2.18. The first-order chi connectivity index (χ1) is 10.3. The summed E-state index contributed by atoms with van der Waals surface area (Å²) in [5, 5.41) is 0.210. The van der Waals surface area contributed by atoms with Gasteiger partial charge in [-0.2, -0.15) is 0 Å². The van der Waals surface area contributed by atoms with Crippen LogP contribution in [0.3, 0.4) is 0 Å². The van der Waals surface area contributed by atoms with Crippen LogP contribution in [0.1, 0.15) is 37.7 Å². The van der Waals surface area contributed by atoms with Crippen molar-refractivity contribution < 1.29 is 4.21 Å². The first kappa shape index (κ1) is 16.8. The van der Waals surface area contributed by atoms with E-state index in [-0.39, 0.29) is 10.0 Å². The Bertz CT molecular complexity index is 702. The van der Waals surface area contributed by atoms with Gasteiger partial charge in [0.25, 0.3) is 0 Å². The fraction of sp³-hybridized carbons (Fsp3) is 0.429. The van der Waals surface area contributed by atoms with E-state index in [1.165, 1.54) is 6.33 Å². The second kappa shape index (κ2) is 6.66. The van der Waals surface area contributed by atoms with Gasteiger partial charge in [0.15, 0.2) is 0 Å². The SMILES string of the molecule is Cc1cnc(Cl)nc1Cc1cc(NS(=O)C(C)(C)C)ncn1. The zero-order chi connectivity index (χ0) is 16.3. The summed E-state index contributed by atoms with van der Waals surface area (Å²) in [6.07, 6.45) is 3.63. The molecule has 1 unspecified atom stereocenters. The lowest BCUT2D eigenvalue weighted by atomic mass is 10.1. The highest BCUT2D eigenvalue weighted by Crippen LogP contribution is 2.16.